The quantitative estimate of drug-likeness (QED) is 0.346. The van der Waals surface area contributed by atoms with Crippen LogP contribution in [0.4, 0.5) is 18.9 Å². The van der Waals surface area contributed by atoms with Crippen LogP contribution in [0, 0.1) is 17.5 Å². The van der Waals surface area contributed by atoms with E-state index < -0.39 is 64.8 Å². The molecular weight excluding hydrogens is 487 g/mol. The molecule has 3 rings (SSSR count). The van der Waals surface area contributed by atoms with Crippen LogP contribution in [0.25, 0.3) is 0 Å². The third kappa shape index (κ3) is 5.72. The zero-order valence-electron chi connectivity index (χ0n) is 20.2. The van der Waals surface area contributed by atoms with E-state index in [1.807, 2.05) is 0 Å². The molecule has 13 heteroatoms. The molecule has 36 heavy (non-hydrogen) atoms. The van der Waals surface area contributed by atoms with E-state index in [0.717, 1.165) is 9.96 Å². The van der Waals surface area contributed by atoms with Gasteiger partial charge in [-0.3, -0.25) is 19.3 Å². The molecule has 2 saturated heterocycles. The third-order valence-corrected chi connectivity index (χ3v) is 5.66. The molecule has 1 atom stereocenters. The summed E-state index contributed by atoms with van der Waals surface area (Å²) in [7, 11) is 0. The highest BCUT2D eigenvalue weighted by Gasteiger charge is 2.57. The standard InChI is InChI=1S/C23H28F3N3O7/c1-22(2,3)34-12-23-21(33)29(36-17(32)8-7-16(31)35-23)10-9-28(23)15(30)6-4-5-13-11-14(24)19(26)20(27)18(13)25/h11H,4-10,12,27H2,1-3H3/t23-/m1/s1. The van der Waals surface area contributed by atoms with Crippen LogP contribution in [0.3, 0.4) is 0 Å². The minimum atomic E-state index is -2.23. The lowest BCUT2D eigenvalue weighted by Crippen LogP contribution is -2.71. The van der Waals surface area contributed by atoms with Gasteiger partial charge in [-0.25, -0.2) is 18.0 Å². The number of aryl methyl sites for hydroxylation is 1. The van der Waals surface area contributed by atoms with Gasteiger partial charge in [0.2, 0.25) is 5.91 Å². The lowest BCUT2D eigenvalue weighted by molar-refractivity contribution is -0.252. The predicted molar refractivity (Wildman–Crippen MR) is 117 cm³/mol. The van der Waals surface area contributed by atoms with Gasteiger partial charge in [-0.15, -0.1) is 0 Å². The fourth-order valence-electron chi connectivity index (χ4n) is 3.82. The molecule has 2 aliphatic rings. The number of hydroxylamine groups is 2. The van der Waals surface area contributed by atoms with Crippen LogP contribution >= 0.6 is 0 Å². The van der Waals surface area contributed by atoms with Gasteiger partial charge >= 0.3 is 17.8 Å². The first-order valence-corrected chi connectivity index (χ1v) is 11.4. The molecule has 2 bridgehead atoms. The number of carbonyl (C=O) groups is 4. The number of carbonyl (C=O) groups excluding carboxylic acids is 4. The molecule has 198 valence electrons. The third-order valence-electron chi connectivity index (χ3n) is 5.66. The first-order chi connectivity index (χ1) is 16.7. The van der Waals surface area contributed by atoms with Crippen molar-refractivity contribution in [2.45, 2.75) is 64.2 Å². The smallest absolute Gasteiger partial charge is 0.333 e. The van der Waals surface area contributed by atoms with Crippen LogP contribution in [-0.4, -0.2) is 64.7 Å². The Morgan fingerprint density at radius 2 is 1.78 bits per heavy atom. The summed E-state index contributed by atoms with van der Waals surface area (Å²) in [4.78, 5) is 57.2. The van der Waals surface area contributed by atoms with Crippen LogP contribution < -0.4 is 5.73 Å². The maximum Gasteiger partial charge on any atom is 0.333 e. The number of hydrogen-bond acceptors (Lipinski definition) is 8. The highest BCUT2D eigenvalue weighted by atomic mass is 19.2. The van der Waals surface area contributed by atoms with E-state index in [2.05, 4.69) is 0 Å². The van der Waals surface area contributed by atoms with E-state index in [1.165, 1.54) is 0 Å². The van der Waals surface area contributed by atoms with Gasteiger partial charge in [0.1, 0.15) is 12.3 Å². The van der Waals surface area contributed by atoms with Crippen molar-refractivity contribution in [3.63, 3.8) is 0 Å². The second-order valence-electron chi connectivity index (χ2n) is 9.49. The minimum absolute atomic E-state index is 0.0200. The van der Waals surface area contributed by atoms with E-state index in [9.17, 15) is 32.3 Å². The first kappa shape index (κ1) is 27.2. The Hall–Kier alpha value is -3.35. The summed E-state index contributed by atoms with van der Waals surface area (Å²) in [6, 6.07) is 0.668. The van der Waals surface area contributed by atoms with Gasteiger partial charge in [0.15, 0.2) is 17.5 Å². The molecule has 2 N–H and O–H groups in total. The summed E-state index contributed by atoms with van der Waals surface area (Å²) in [5, 5.41) is 0.746. The van der Waals surface area contributed by atoms with E-state index in [-0.39, 0.29) is 50.8 Å². The zero-order chi connectivity index (χ0) is 26.8. The van der Waals surface area contributed by atoms with Crippen molar-refractivity contribution < 1.29 is 46.7 Å². The Kier molecular flexibility index (Phi) is 7.82. The van der Waals surface area contributed by atoms with Gasteiger partial charge in [-0.1, -0.05) is 0 Å². The first-order valence-electron chi connectivity index (χ1n) is 11.4. The minimum Gasteiger partial charge on any atom is -0.426 e. The Labute approximate surface area is 205 Å². The molecular formula is C23H28F3N3O7. The van der Waals surface area contributed by atoms with Gasteiger partial charge in [0.25, 0.3) is 5.72 Å². The number of ether oxygens (including phenoxy) is 2. The van der Waals surface area contributed by atoms with Gasteiger partial charge < -0.3 is 20.0 Å². The van der Waals surface area contributed by atoms with Crippen LogP contribution in [0.5, 0.6) is 0 Å². The normalized spacial score (nSPS) is 20.9. The Morgan fingerprint density at radius 1 is 1.11 bits per heavy atom. The van der Waals surface area contributed by atoms with Crippen molar-refractivity contribution in [2.75, 3.05) is 25.4 Å². The van der Waals surface area contributed by atoms with Gasteiger partial charge in [-0.05, 0) is 45.2 Å². The van der Waals surface area contributed by atoms with Crippen molar-refractivity contribution >= 4 is 29.4 Å². The number of benzene rings is 1. The summed E-state index contributed by atoms with van der Waals surface area (Å²) in [5.41, 5.74) is 1.05. The maximum absolute atomic E-state index is 14.2. The number of fused-ring (bicyclic) bond motifs is 2. The SMILES string of the molecule is CC(C)(C)OC[C@]12OC(=O)CCC(=O)ON(CCN1C(=O)CCCc1cc(F)c(F)c(N)c1F)C2=O. The Balaban J connectivity index is 1.85. The largest absolute Gasteiger partial charge is 0.426 e. The van der Waals surface area contributed by atoms with E-state index in [1.54, 1.807) is 20.8 Å². The van der Waals surface area contributed by atoms with E-state index in [4.69, 9.17) is 20.0 Å². The number of amides is 2. The van der Waals surface area contributed by atoms with Crippen LogP contribution in [0.15, 0.2) is 6.07 Å². The molecule has 2 heterocycles. The van der Waals surface area contributed by atoms with E-state index in [0.29, 0.717) is 6.07 Å². The summed E-state index contributed by atoms with van der Waals surface area (Å²) in [6.07, 6.45) is -1.14. The monoisotopic (exact) mass is 515 g/mol. The molecule has 10 nitrogen and oxygen atoms in total. The summed E-state index contributed by atoms with van der Waals surface area (Å²) >= 11 is 0. The second kappa shape index (κ2) is 10.3. The van der Waals surface area contributed by atoms with Crippen molar-refractivity contribution in [3.8, 4) is 0 Å². The number of anilines is 1. The molecule has 2 amide bonds. The van der Waals surface area contributed by atoms with Gasteiger partial charge in [0.05, 0.1) is 25.0 Å². The molecule has 0 unspecified atom stereocenters. The van der Waals surface area contributed by atoms with Crippen molar-refractivity contribution in [2.24, 2.45) is 0 Å². The second-order valence-corrected chi connectivity index (χ2v) is 9.49. The number of rotatable bonds is 6. The number of nitrogen functional groups attached to an aromatic ring is 1. The predicted octanol–water partition coefficient (Wildman–Crippen LogP) is 1.99. The molecule has 2 fully saturated rings. The van der Waals surface area contributed by atoms with Crippen LogP contribution in [-0.2, 0) is 39.9 Å². The average Bonchev–Trinajstić information content (AvgIpc) is 2.82. The van der Waals surface area contributed by atoms with E-state index >= 15 is 0 Å². The number of hydrogen-bond donors (Lipinski definition) is 1. The topological polar surface area (TPSA) is 128 Å². The van der Waals surface area contributed by atoms with Crippen LogP contribution in [0.2, 0.25) is 0 Å². The average molecular weight is 515 g/mol. The highest BCUT2D eigenvalue weighted by molar-refractivity contribution is 5.94. The van der Waals surface area contributed by atoms with Crippen LogP contribution in [0.1, 0.15) is 52.0 Å². The summed E-state index contributed by atoms with van der Waals surface area (Å²) < 4.78 is 52.5. The molecule has 0 saturated carbocycles. The number of piperazine rings is 1. The zero-order valence-corrected chi connectivity index (χ0v) is 20.2. The van der Waals surface area contributed by atoms with Gasteiger partial charge in [-0.2, -0.15) is 5.06 Å². The highest BCUT2D eigenvalue weighted by Crippen LogP contribution is 2.31. The van der Waals surface area contributed by atoms with Crippen molar-refractivity contribution in [1.82, 2.24) is 9.96 Å². The fourth-order valence-corrected chi connectivity index (χ4v) is 3.82. The van der Waals surface area contributed by atoms with Crippen molar-refractivity contribution in [1.29, 1.82) is 0 Å². The molecule has 2 aliphatic heterocycles. The number of nitrogens with two attached hydrogens (primary N) is 1. The fraction of sp³-hybridized carbons (Fsp3) is 0.565. The molecule has 0 aliphatic carbocycles. The maximum atomic E-state index is 14.2. The van der Waals surface area contributed by atoms with Gasteiger partial charge in [0, 0.05) is 13.0 Å². The Bertz CT molecular complexity index is 1080. The molecule has 0 aromatic heterocycles. The molecule has 0 radical (unpaired) electrons. The molecule has 0 spiro atoms. The Morgan fingerprint density at radius 3 is 2.44 bits per heavy atom. The molecule has 1 aromatic rings. The number of halogens is 3. The summed E-state index contributed by atoms with van der Waals surface area (Å²) in [5.74, 6) is -7.25. The lowest BCUT2D eigenvalue weighted by atomic mass is 10.0. The summed E-state index contributed by atoms with van der Waals surface area (Å²) in [6.45, 7) is 4.21. The number of nitrogens with zero attached hydrogens (tertiary/aromatic N) is 2. The molecule has 1 aromatic carbocycles. The lowest BCUT2D eigenvalue weighted by Gasteiger charge is -2.47. The number of esters is 1. The van der Waals surface area contributed by atoms with Crippen molar-refractivity contribution in [3.05, 3.63) is 29.1 Å².